The predicted molar refractivity (Wildman–Crippen MR) is 84.4 cm³/mol. The first-order valence-corrected chi connectivity index (χ1v) is 6.88. The van der Waals surface area contributed by atoms with Crippen molar-refractivity contribution in [1.29, 1.82) is 0 Å². The summed E-state index contributed by atoms with van der Waals surface area (Å²) >= 11 is 6.05. The van der Waals surface area contributed by atoms with Gasteiger partial charge < -0.3 is 15.4 Å². The van der Waals surface area contributed by atoms with Crippen molar-refractivity contribution in [3.63, 3.8) is 0 Å². The van der Waals surface area contributed by atoms with E-state index in [1.807, 2.05) is 19.1 Å². The molecule has 0 aliphatic carbocycles. The highest BCUT2D eigenvalue weighted by Crippen LogP contribution is 2.25. The second-order valence-corrected chi connectivity index (χ2v) is 4.62. The highest BCUT2D eigenvalue weighted by atomic mass is 35.5. The standard InChI is InChI=1S/C15H16ClN3O2/c1-3-17-13-9-8-10(16)14(19-13)15(20)18-11-6-4-5-7-12(11)21-2/h4-9H,3H2,1-2H3,(H,17,19)(H,18,20). The van der Waals surface area contributed by atoms with Crippen molar-refractivity contribution >= 4 is 29.0 Å². The molecule has 2 rings (SSSR count). The summed E-state index contributed by atoms with van der Waals surface area (Å²) in [6, 6.07) is 10.5. The van der Waals surface area contributed by atoms with Crippen LogP contribution in [0.3, 0.4) is 0 Å². The number of pyridine rings is 1. The van der Waals surface area contributed by atoms with Crippen molar-refractivity contribution in [3.8, 4) is 5.75 Å². The van der Waals surface area contributed by atoms with Crippen LogP contribution in [0.1, 0.15) is 17.4 Å². The maximum Gasteiger partial charge on any atom is 0.276 e. The number of carbonyl (C=O) groups excluding carboxylic acids is 1. The Bertz CT molecular complexity index is 647. The molecule has 1 amide bonds. The molecule has 0 atom stereocenters. The molecular weight excluding hydrogens is 290 g/mol. The van der Waals surface area contributed by atoms with Crippen LogP contribution in [0.4, 0.5) is 11.5 Å². The highest BCUT2D eigenvalue weighted by Gasteiger charge is 2.15. The van der Waals surface area contributed by atoms with Gasteiger partial charge in [-0.2, -0.15) is 0 Å². The molecule has 110 valence electrons. The topological polar surface area (TPSA) is 63.2 Å². The van der Waals surface area contributed by atoms with Gasteiger partial charge in [-0.15, -0.1) is 0 Å². The molecule has 0 aliphatic heterocycles. The minimum absolute atomic E-state index is 0.168. The molecule has 2 N–H and O–H groups in total. The summed E-state index contributed by atoms with van der Waals surface area (Å²) in [6.45, 7) is 2.66. The van der Waals surface area contributed by atoms with Gasteiger partial charge in [0.25, 0.3) is 5.91 Å². The van der Waals surface area contributed by atoms with Crippen molar-refractivity contribution < 1.29 is 9.53 Å². The van der Waals surface area contributed by atoms with E-state index < -0.39 is 0 Å². The first-order valence-electron chi connectivity index (χ1n) is 6.50. The van der Waals surface area contributed by atoms with Crippen LogP contribution < -0.4 is 15.4 Å². The maximum absolute atomic E-state index is 12.3. The minimum atomic E-state index is -0.385. The van der Waals surface area contributed by atoms with E-state index in [9.17, 15) is 4.79 Å². The van der Waals surface area contributed by atoms with Crippen LogP contribution in [0.25, 0.3) is 0 Å². The molecule has 0 radical (unpaired) electrons. The molecule has 1 aromatic heterocycles. The zero-order chi connectivity index (χ0) is 15.2. The van der Waals surface area contributed by atoms with Crippen molar-refractivity contribution in [2.75, 3.05) is 24.3 Å². The number of nitrogens with zero attached hydrogens (tertiary/aromatic N) is 1. The van der Waals surface area contributed by atoms with Crippen LogP contribution >= 0.6 is 11.6 Å². The van der Waals surface area contributed by atoms with E-state index in [4.69, 9.17) is 16.3 Å². The van der Waals surface area contributed by atoms with Gasteiger partial charge in [-0.3, -0.25) is 4.79 Å². The third-order valence-corrected chi connectivity index (χ3v) is 3.08. The fourth-order valence-electron chi connectivity index (χ4n) is 1.81. The summed E-state index contributed by atoms with van der Waals surface area (Å²) in [7, 11) is 1.54. The van der Waals surface area contributed by atoms with E-state index in [2.05, 4.69) is 15.6 Å². The molecule has 0 aliphatic rings. The van der Waals surface area contributed by atoms with Crippen molar-refractivity contribution in [3.05, 3.63) is 47.1 Å². The third-order valence-electron chi connectivity index (χ3n) is 2.77. The maximum atomic E-state index is 12.3. The highest BCUT2D eigenvalue weighted by molar-refractivity contribution is 6.34. The number of para-hydroxylation sites is 2. The van der Waals surface area contributed by atoms with Crippen molar-refractivity contribution in [2.24, 2.45) is 0 Å². The van der Waals surface area contributed by atoms with Crippen LogP contribution in [0.15, 0.2) is 36.4 Å². The lowest BCUT2D eigenvalue weighted by Crippen LogP contribution is -2.16. The first-order chi connectivity index (χ1) is 10.2. The van der Waals surface area contributed by atoms with E-state index in [0.717, 1.165) is 0 Å². The van der Waals surface area contributed by atoms with Gasteiger partial charge in [-0.25, -0.2) is 4.98 Å². The zero-order valence-electron chi connectivity index (χ0n) is 11.8. The molecule has 5 nitrogen and oxygen atoms in total. The Morgan fingerprint density at radius 1 is 1.29 bits per heavy atom. The van der Waals surface area contributed by atoms with Crippen LogP contribution in [-0.2, 0) is 0 Å². The lowest BCUT2D eigenvalue weighted by molar-refractivity contribution is 0.102. The molecule has 0 unspecified atom stereocenters. The van der Waals surface area contributed by atoms with Gasteiger partial charge in [-0.05, 0) is 31.2 Å². The predicted octanol–water partition coefficient (Wildman–Crippen LogP) is 3.43. The number of ether oxygens (including phenoxy) is 1. The number of amides is 1. The molecule has 1 aromatic carbocycles. The van der Waals surface area contributed by atoms with E-state index >= 15 is 0 Å². The average Bonchev–Trinajstić information content (AvgIpc) is 2.50. The number of anilines is 2. The number of hydrogen-bond donors (Lipinski definition) is 2. The van der Waals surface area contributed by atoms with Crippen LogP contribution in [0, 0.1) is 0 Å². The van der Waals surface area contributed by atoms with E-state index in [0.29, 0.717) is 28.8 Å². The van der Waals surface area contributed by atoms with Gasteiger partial charge in [0.1, 0.15) is 17.3 Å². The summed E-state index contributed by atoms with van der Waals surface area (Å²) in [5.41, 5.74) is 0.734. The van der Waals surface area contributed by atoms with Gasteiger partial charge in [-0.1, -0.05) is 23.7 Å². The number of halogens is 1. The van der Waals surface area contributed by atoms with E-state index in [-0.39, 0.29) is 11.6 Å². The van der Waals surface area contributed by atoms with E-state index in [1.54, 1.807) is 31.4 Å². The molecule has 0 saturated heterocycles. The number of nitrogens with one attached hydrogen (secondary N) is 2. The Labute approximate surface area is 128 Å². The lowest BCUT2D eigenvalue weighted by Gasteiger charge is -2.11. The van der Waals surface area contributed by atoms with Gasteiger partial charge in [0.2, 0.25) is 0 Å². The second kappa shape index (κ2) is 6.95. The van der Waals surface area contributed by atoms with Crippen LogP contribution in [0.2, 0.25) is 5.02 Å². The lowest BCUT2D eigenvalue weighted by atomic mass is 10.2. The fraction of sp³-hybridized carbons (Fsp3) is 0.200. The Balaban J connectivity index is 2.25. The largest absolute Gasteiger partial charge is 0.495 e. The van der Waals surface area contributed by atoms with Crippen LogP contribution in [-0.4, -0.2) is 24.5 Å². The molecular formula is C15H16ClN3O2. The molecule has 2 aromatic rings. The number of hydrogen-bond acceptors (Lipinski definition) is 4. The third kappa shape index (κ3) is 3.64. The summed E-state index contributed by atoms with van der Waals surface area (Å²) in [6.07, 6.45) is 0. The number of methoxy groups -OCH3 is 1. The quantitative estimate of drug-likeness (QED) is 0.888. The molecule has 6 heteroatoms. The van der Waals surface area contributed by atoms with Gasteiger partial charge in [0.05, 0.1) is 17.8 Å². The van der Waals surface area contributed by atoms with E-state index in [1.165, 1.54) is 0 Å². The molecule has 0 fully saturated rings. The average molecular weight is 306 g/mol. The van der Waals surface area contributed by atoms with Gasteiger partial charge in [0, 0.05) is 6.54 Å². The summed E-state index contributed by atoms with van der Waals surface area (Å²) < 4.78 is 5.19. The molecule has 1 heterocycles. The Kier molecular flexibility index (Phi) is 5.00. The van der Waals surface area contributed by atoms with Gasteiger partial charge in [0.15, 0.2) is 0 Å². The van der Waals surface area contributed by atoms with Crippen molar-refractivity contribution in [2.45, 2.75) is 6.92 Å². The Morgan fingerprint density at radius 2 is 2.05 bits per heavy atom. The smallest absolute Gasteiger partial charge is 0.276 e. The summed E-state index contributed by atoms with van der Waals surface area (Å²) in [4.78, 5) is 16.5. The molecule has 0 saturated carbocycles. The van der Waals surface area contributed by atoms with Gasteiger partial charge >= 0.3 is 0 Å². The minimum Gasteiger partial charge on any atom is -0.495 e. The Morgan fingerprint density at radius 3 is 2.76 bits per heavy atom. The summed E-state index contributed by atoms with van der Waals surface area (Å²) in [5.74, 6) is 0.793. The second-order valence-electron chi connectivity index (χ2n) is 4.21. The zero-order valence-corrected chi connectivity index (χ0v) is 12.6. The number of rotatable bonds is 5. The molecule has 21 heavy (non-hydrogen) atoms. The fourth-order valence-corrected chi connectivity index (χ4v) is 2.00. The number of carbonyl (C=O) groups is 1. The number of aromatic nitrogens is 1. The molecule has 0 bridgehead atoms. The SMILES string of the molecule is CCNc1ccc(Cl)c(C(=O)Nc2ccccc2OC)n1. The Hall–Kier alpha value is -2.27. The van der Waals surface area contributed by atoms with Crippen LogP contribution in [0.5, 0.6) is 5.75 Å². The normalized spacial score (nSPS) is 10.0. The van der Waals surface area contributed by atoms with Crippen molar-refractivity contribution in [1.82, 2.24) is 4.98 Å². The monoisotopic (exact) mass is 305 g/mol. The number of benzene rings is 1. The first kappa shape index (κ1) is 15.1. The molecule has 0 spiro atoms. The summed E-state index contributed by atoms with van der Waals surface area (Å²) in [5, 5.41) is 6.09.